The number of hydrogen-bond acceptors (Lipinski definition) is 4. The molecule has 8 nitrogen and oxygen atoms in total. The molecule has 0 saturated carbocycles. The van der Waals surface area contributed by atoms with Crippen LogP contribution in [0.2, 0.25) is 0 Å². The summed E-state index contributed by atoms with van der Waals surface area (Å²) < 4.78 is 0. The van der Waals surface area contributed by atoms with Crippen LogP contribution in [0.25, 0.3) is 0 Å². The molecule has 0 aromatic heterocycles. The van der Waals surface area contributed by atoms with E-state index in [9.17, 15) is 19.5 Å². The van der Waals surface area contributed by atoms with E-state index in [1.807, 2.05) is 44.2 Å². The highest BCUT2D eigenvalue weighted by atomic mass is 16.4. The van der Waals surface area contributed by atoms with Crippen molar-refractivity contribution in [2.24, 2.45) is 5.92 Å². The van der Waals surface area contributed by atoms with Gasteiger partial charge in [0.25, 0.3) is 5.91 Å². The molecule has 27 heavy (non-hydrogen) atoms. The first-order valence-corrected chi connectivity index (χ1v) is 9.04. The lowest BCUT2D eigenvalue weighted by Gasteiger charge is -2.26. The summed E-state index contributed by atoms with van der Waals surface area (Å²) in [5, 5.41) is 26.7. The fourth-order valence-corrected chi connectivity index (χ4v) is 2.71. The van der Waals surface area contributed by atoms with E-state index >= 15 is 0 Å². The van der Waals surface area contributed by atoms with E-state index in [0.29, 0.717) is 13.0 Å². The molecule has 0 aliphatic carbocycles. The van der Waals surface area contributed by atoms with E-state index in [-0.39, 0.29) is 12.3 Å². The number of carboxylic acid groups (broad SMARTS) is 1. The average molecular weight is 379 g/mol. The van der Waals surface area contributed by atoms with Crippen molar-refractivity contribution in [3.8, 4) is 0 Å². The molecule has 1 rings (SSSR count). The molecule has 0 heterocycles. The lowest BCUT2D eigenvalue weighted by Crippen LogP contribution is -2.56. The number of benzene rings is 1. The smallest absolute Gasteiger partial charge is 0.405 e. The van der Waals surface area contributed by atoms with Crippen LogP contribution in [0.1, 0.15) is 32.8 Å². The highest BCUT2D eigenvalue weighted by Gasteiger charge is 2.30. The summed E-state index contributed by atoms with van der Waals surface area (Å²) in [7, 11) is 0. The van der Waals surface area contributed by atoms with E-state index < -0.39 is 36.1 Å². The van der Waals surface area contributed by atoms with E-state index in [1.165, 1.54) is 0 Å². The summed E-state index contributed by atoms with van der Waals surface area (Å²) in [5.41, 5.74) is 0.831. The molecule has 3 atom stereocenters. The van der Waals surface area contributed by atoms with Crippen molar-refractivity contribution >= 4 is 17.9 Å². The van der Waals surface area contributed by atoms with E-state index in [2.05, 4.69) is 16.0 Å². The Kier molecular flexibility index (Phi) is 9.29. The lowest BCUT2D eigenvalue weighted by atomic mass is 9.98. The van der Waals surface area contributed by atoms with Gasteiger partial charge in [0.2, 0.25) is 5.91 Å². The van der Waals surface area contributed by atoms with Gasteiger partial charge in [-0.3, -0.25) is 9.59 Å². The number of carbonyl (C=O) groups excluding carboxylic acids is 2. The molecule has 0 bridgehead atoms. The van der Waals surface area contributed by atoms with Gasteiger partial charge in [-0.2, -0.15) is 0 Å². The van der Waals surface area contributed by atoms with Gasteiger partial charge in [-0.1, -0.05) is 44.2 Å². The largest absolute Gasteiger partial charge is 0.465 e. The summed E-state index contributed by atoms with van der Waals surface area (Å²) >= 11 is 0. The molecule has 0 spiro atoms. The number of carbonyl (C=O) groups is 3. The minimum Gasteiger partial charge on any atom is -0.465 e. The minimum atomic E-state index is -1.46. The van der Waals surface area contributed by atoms with Crippen LogP contribution < -0.4 is 16.0 Å². The first-order chi connectivity index (χ1) is 12.7. The van der Waals surface area contributed by atoms with E-state index in [4.69, 9.17) is 5.11 Å². The number of rotatable bonds is 10. The maximum atomic E-state index is 12.6. The predicted molar refractivity (Wildman–Crippen MR) is 101 cm³/mol. The van der Waals surface area contributed by atoms with Gasteiger partial charge in [0.1, 0.15) is 6.04 Å². The first-order valence-electron chi connectivity index (χ1n) is 9.04. The number of aliphatic hydroxyl groups excluding tert-OH is 1. The Bertz CT molecular complexity index is 621. The van der Waals surface area contributed by atoms with Crippen LogP contribution in [0.3, 0.4) is 0 Å². The highest BCUT2D eigenvalue weighted by Crippen LogP contribution is 2.10. The fourth-order valence-electron chi connectivity index (χ4n) is 2.71. The van der Waals surface area contributed by atoms with Crippen LogP contribution in [0.5, 0.6) is 0 Å². The summed E-state index contributed by atoms with van der Waals surface area (Å²) in [6, 6.07) is 7.27. The summed E-state index contributed by atoms with van der Waals surface area (Å²) in [4.78, 5) is 35.7. The Morgan fingerprint density at radius 2 is 1.67 bits per heavy atom. The molecule has 0 saturated heterocycles. The number of amides is 3. The number of likely N-dealkylation sites (N-methyl/N-ethyl adjacent to an activating group) is 1. The lowest BCUT2D eigenvalue weighted by molar-refractivity contribution is -0.132. The Morgan fingerprint density at radius 1 is 1.04 bits per heavy atom. The van der Waals surface area contributed by atoms with Crippen LogP contribution >= 0.6 is 0 Å². The zero-order chi connectivity index (χ0) is 20.4. The molecule has 0 radical (unpaired) electrons. The average Bonchev–Trinajstić information content (AvgIpc) is 2.60. The third-order valence-electron chi connectivity index (χ3n) is 3.95. The van der Waals surface area contributed by atoms with Crippen LogP contribution in [0.4, 0.5) is 4.79 Å². The molecule has 3 amide bonds. The normalized spacial score (nSPS) is 14.1. The molecule has 1 aromatic rings. The predicted octanol–water partition coefficient (Wildman–Crippen LogP) is 0.893. The third-order valence-corrected chi connectivity index (χ3v) is 3.95. The molecule has 1 aromatic carbocycles. The Labute approximate surface area is 159 Å². The van der Waals surface area contributed by atoms with Gasteiger partial charge in [0.15, 0.2) is 6.10 Å². The number of aliphatic hydroxyl groups is 1. The van der Waals surface area contributed by atoms with Crippen LogP contribution in [-0.4, -0.2) is 52.9 Å². The van der Waals surface area contributed by atoms with Crippen LogP contribution in [0.15, 0.2) is 30.3 Å². The highest BCUT2D eigenvalue weighted by molar-refractivity contribution is 5.87. The molecule has 1 unspecified atom stereocenters. The molecular weight excluding hydrogens is 350 g/mol. The van der Waals surface area contributed by atoms with Gasteiger partial charge in [-0.15, -0.1) is 0 Å². The summed E-state index contributed by atoms with van der Waals surface area (Å²) in [5.74, 6) is -1.09. The maximum Gasteiger partial charge on any atom is 0.405 e. The Hall–Kier alpha value is -2.61. The van der Waals surface area contributed by atoms with Gasteiger partial charge < -0.3 is 26.2 Å². The molecule has 0 aliphatic heterocycles. The number of hydrogen-bond donors (Lipinski definition) is 5. The van der Waals surface area contributed by atoms with Crippen molar-refractivity contribution in [2.75, 3.05) is 6.54 Å². The third kappa shape index (κ3) is 8.08. The van der Waals surface area contributed by atoms with Crippen molar-refractivity contribution in [1.29, 1.82) is 0 Å². The molecule has 150 valence electrons. The van der Waals surface area contributed by atoms with Gasteiger partial charge in [0.05, 0.1) is 6.04 Å². The molecule has 0 fully saturated rings. The van der Waals surface area contributed by atoms with Crippen molar-refractivity contribution < 1.29 is 24.6 Å². The topological polar surface area (TPSA) is 128 Å². The van der Waals surface area contributed by atoms with Crippen molar-refractivity contribution in [3.63, 3.8) is 0 Å². The Balaban J connectivity index is 2.97. The SMILES string of the molecule is CCNC(=O)C(O)[C@H](Cc1ccccc1)NC(=O)[C@H](CC(C)C)NC(=O)O. The molecule has 0 aliphatic rings. The van der Waals surface area contributed by atoms with Crippen molar-refractivity contribution in [3.05, 3.63) is 35.9 Å². The van der Waals surface area contributed by atoms with E-state index in [1.54, 1.807) is 6.92 Å². The second kappa shape index (κ2) is 11.2. The molecule has 5 N–H and O–H groups in total. The van der Waals surface area contributed by atoms with Crippen molar-refractivity contribution in [2.45, 2.75) is 51.8 Å². The first kappa shape index (κ1) is 22.4. The van der Waals surface area contributed by atoms with Gasteiger partial charge in [-0.05, 0) is 31.2 Å². The molecular formula is C19H29N3O5. The zero-order valence-electron chi connectivity index (χ0n) is 15.9. The molecule has 8 heteroatoms. The van der Waals surface area contributed by atoms with Crippen LogP contribution in [-0.2, 0) is 16.0 Å². The second-order valence-corrected chi connectivity index (χ2v) is 6.78. The zero-order valence-corrected chi connectivity index (χ0v) is 15.9. The van der Waals surface area contributed by atoms with Gasteiger partial charge in [0, 0.05) is 6.54 Å². The Morgan fingerprint density at radius 3 is 2.19 bits per heavy atom. The van der Waals surface area contributed by atoms with Crippen molar-refractivity contribution in [1.82, 2.24) is 16.0 Å². The fraction of sp³-hybridized carbons (Fsp3) is 0.526. The second-order valence-electron chi connectivity index (χ2n) is 6.78. The monoisotopic (exact) mass is 379 g/mol. The minimum absolute atomic E-state index is 0.0773. The van der Waals surface area contributed by atoms with E-state index in [0.717, 1.165) is 5.56 Å². The van der Waals surface area contributed by atoms with Gasteiger partial charge in [-0.25, -0.2) is 4.79 Å². The quantitative estimate of drug-likeness (QED) is 0.413. The van der Waals surface area contributed by atoms with Gasteiger partial charge >= 0.3 is 6.09 Å². The summed E-state index contributed by atoms with van der Waals surface area (Å²) in [6.45, 7) is 5.81. The standard InChI is InChI=1S/C19H29N3O5/c1-4-20-18(25)16(23)14(11-13-8-6-5-7-9-13)21-17(24)15(10-12(2)3)22-19(26)27/h5-9,12,14-16,22-23H,4,10-11H2,1-3H3,(H,20,25)(H,21,24)(H,26,27)/t14-,15-,16?/m0/s1. The summed E-state index contributed by atoms with van der Waals surface area (Å²) in [6.07, 6.45) is -2.24. The van der Waals surface area contributed by atoms with Crippen LogP contribution in [0, 0.1) is 5.92 Å². The number of nitrogens with one attached hydrogen (secondary N) is 3. The maximum absolute atomic E-state index is 12.6.